The van der Waals surface area contributed by atoms with Gasteiger partial charge in [0, 0.05) is 22.1 Å². The summed E-state index contributed by atoms with van der Waals surface area (Å²) >= 11 is 0. The van der Waals surface area contributed by atoms with Crippen molar-refractivity contribution < 1.29 is 0 Å². The summed E-state index contributed by atoms with van der Waals surface area (Å²) in [5.74, 6) is 0.704. The Bertz CT molecular complexity index is 2910. The topological polar surface area (TPSA) is 25.8 Å². The lowest BCUT2D eigenvalue weighted by atomic mass is 9.67. The molecule has 274 valence electrons. The highest BCUT2D eigenvalue weighted by molar-refractivity contribution is 5.95. The van der Waals surface area contributed by atoms with E-state index in [4.69, 9.17) is 9.97 Å². The van der Waals surface area contributed by atoms with Crippen molar-refractivity contribution >= 4 is 0 Å². The lowest BCUT2D eigenvalue weighted by molar-refractivity contribution is 0.660. The maximum absolute atomic E-state index is 5.44. The van der Waals surface area contributed by atoms with Crippen molar-refractivity contribution in [1.82, 2.24) is 9.97 Å². The van der Waals surface area contributed by atoms with E-state index in [0.717, 1.165) is 39.2 Å². The average Bonchev–Trinajstić information content (AvgIpc) is 3.72. The van der Waals surface area contributed by atoms with Crippen LogP contribution in [0.25, 0.3) is 67.3 Å². The predicted octanol–water partition coefficient (Wildman–Crippen LogP) is 13.8. The standard InChI is InChI=1S/C56H40N2/c1-55(2)48-29-17-15-27-42(48)44-32-31-39(33-50(44)55)45-35-51-46(43-28-16-18-30-49(43)56(51,40-23-11-5-12-24-40)41-25-13-6-14-26-41)34-47(45)54-57-52(37-19-7-3-8-20-37)36-53(58-54)38-21-9-4-10-22-38/h3-36H,1-2H3. The van der Waals surface area contributed by atoms with E-state index in [9.17, 15) is 0 Å². The number of aromatic nitrogens is 2. The van der Waals surface area contributed by atoms with E-state index in [1.807, 2.05) is 0 Å². The van der Waals surface area contributed by atoms with E-state index < -0.39 is 5.41 Å². The molecule has 0 atom stereocenters. The van der Waals surface area contributed by atoms with Crippen LogP contribution >= 0.6 is 0 Å². The van der Waals surface area contributed by atoms with Crippen LogP contribution in [0.1, 0.15) is 47.2 Å². The molecule has 1 heterocycles. The first kappa shape index (κ1) is 34.1. The molecule has 9 aromatic rings. The summed E-state index contributed by atoms with van der Waals surface area (Å²) in [6.07, 6.45) is 0. The lowest BCUT2D eigenvalue weighted by Crippen LogP contribution is -2.28. The van der Waals surface area contributed by atoms with Gasteiger partial charge in [0.15, 0.2) is 5.82 Å². The molecule has 0 amide bonds. The van der Waals surface area contributed by atoms with Crippen LogP contribution in [0.5, 0.6) is 0 Å². The second-order valence-electron chi connectivity index (χ2n) is 16.1. The third-order valence-electron chi connectivity index (χ3n) is 12.6. The Kier molecular flexibility index (Phi) is 7.78. The van der Waals surface area contributed by atoms with E-state index in [0.29, 0.717) is 5.82 Å². The number of benzene rings is 8. The van der Waals surface area contributed by atoms with Gasteiger partial charge in [-0.2, -0.15) is 0 Å². The molecule has 1 aromatic heterocycles. The molecule has 2 aliphatic rings. The minimum Gasteiger partial charge on any atom is -0.228 e. The van der Waals surface area contributed by atoms with Crippen LogP contribution in [0, 0.1) is 0 Å². The van der Waals surface area contributed by atoms with Crippen molar-refractivity contribution in [2.45, 2.75) is 24.7 Å². The molecule has 0 radical (unpaired) electrons. The molecule has 58 heavy (non-hydrogen) atoms. The molecule has 2 nitrogen and oxygen atoms in total. The van der Waals surface area contributed by atoms with Gasteiger partial charge in [0.1, 0.15) is 0 Å². The van der Waals surface area contributed by atoms with Crippen molar-refractivity contribution in [3.05, 3.63) is 240 Å². The molecule has 0 saturated carbocycles. The van der Waals surface area contributed by atoms with Gasteiger partial charge in [-0.1, -0.05) is 196 Å². The van der Waals surface area contributed by atoms with Gasteiger partial charge in [-0.05, 0) is 91.0 Å². The summed E-state index contributed by atoms with van der Waals surface area (Å²) in [6.45, 7) is 4.71. The molecule has 0 spiro atoms. The fourth-order valence-corrected chi connectivity index (χ4v) is 9.86. The fourth-order valence-electron chi connectivity index (χ4n) is 9.86. The largest absolute Gasteiger partial charge is 0.228 e. The molecule has 0 unspecified atom stereocenters. The Morgan fingerprint density at radius 3 is 1.38 bits per heavy atom. The Labute approximate surface area is 340 Å². The van der Waals surface area contributed by atoms with Crippen molar-refractivity contribution in [2.24, 2.45) is 0 Å². The van der Waals surface area contributed by atoms with Gasteiger partial charge in [-0.3, -0.25) is 0 Å². The Hall–Kier alpha value is -7.16. The van der Waals surface area contributed by atoms with Crippen LogP contribution in [0.4, 0.5) is 0 Å². The smallest absolute Gasteiger partial charge is 0.161 e. The Morgan fingerprint density at radius 1 is 0.310 bits per heavy atom. The summed E-state index contributed by atoms with van der Waals surface area (Å²) in [7, 11) is 0. The maximum Gasteiger partial charge on any atom is 0.161 e. The van der Waals surface area contributed by atoms with Crippen LogP contribution < -0.4 is 0 Å². The van der Waals surface area contributed by atoms with Gasteiger partial charge in [-0.15, -0.1) is 0 Å². The van der Waals surface area contributed by atoms with Gasteiger partial charge < -0.3 is 0 Å². The molecule has 8 aromatic carbocycles. The normalized spacial score (nSPS) is 14.0. The minimum atomic E-state index is -0.546. The average molecular weight is 741 g/mol. The van der Waals surface area contributed by atoms with Gasteiger partial charge >= 0.3 is 0 Å². The minimum absolute atomic E-state index is 0.156. The lowest BCUT2D eigenvalue weighted by Gasteiger charge is -2.34. The van der Waals surface area contributed by atoms with E-state index in [-0.39, 0.29) is 5.41 Å². The van der Waals surface area contributed by atoms with Crippen molar-refractivity contribution in [3.8, 4) is 67.3 Å². The zero-order chi connectivity index (χ0) is 38.8. The van der Waals surface area contributed by atoms with Crippen LogP contribution in [0.15, 0.2) is 206 Å². The molecule has 11 rings (SSSR count). The van der Waals surface area contributed by atoms with Gasteiger partial charge in [-0.25, -0.2) is 9.97 Å². The summed E-state index contributed by atoms with van der Waals surface area (Å²) in [6, 6.07) is 75.0. The summed E-state index contributed by atoms with van der Waals surface area (Å²) < 4.78 is 0. The maximum atomic E-state index is 5.44. The first-order valence-corrected chi connectivity index (χ1v) is 20.2. The van der Waals surface area contributed by atoms with Crippen LogP contribution in [-0.2, 0) is 10.8 Å². The van der Waals surface area contributed by atoms with E-state index in [1.165, 1.54) is 55.6 Å². The van der Waals surface area contributed by atoms with Crippen LogP contribution in [0.2, 0.25) is 0 Å². The fraction of sp³-hybridized carbons (Fsp3) is 0.0714. The van der Waals surface area contributed by atoms with Crippen molar-refractivity contribution in [2.75, 3.05) is 0 Å². The third kappa shape index (κ3) is 5.11. The molecular formula is C56H40N2. The van der Waals surface area contributed by atoms with Gasteiger partial charge in [0.25, 0.3) is 0 Å². The highest BCUT2D eigenvalue weighted by atomic mass is 14.9. The highest BCUT2D eigenvalue weighted by Crippen LogP contribution is 2.58. The zero-order valence-electron chi connectivity index (χ0n) is 32.5. The van der Waals surface area contributed by atoms with Crippen molar-refractivity contribution in [3.63, 3.8) is 0 Å². The summed E-state index contributed by atoms with van der Waals surface area (Å²) in [5, 5.41) is 0. The van der Waals surface area contributed by atoms with E-state index >= 15 is 0 Å². The van der Waals surface area contributed by atoms with Gasteiger partial charge in [0.2, 0.25) is 0 Å². The van der Waals surface area contributed by atoms with E-state index in [2.05, 4.69) is 220 Å². The molecule has 0 bridgehead atoms. The number of hydrogen-bond acceptors (Lipinski definition) is 2. The number of hydrogen-bond donors (Lipinski definition) is 0. The predicted molar refractivity (Wildman–Crippen MR) is 239 cm³/mol. The molecule has 0 saturated heterocycles. The first-order chi connectivity index (χ1) is 28.5. The quantitative estimate of drug-likeness (QED) is 0.170. The van der Waals surface area contributed by atoms with Crippen LogP contribution in [0.3, 0.4) is 0 Å². The van der Waals surface area contributed by atoms with Crippen LogP contribution in [-0.4, -0.2) is 9.97 Å². The zero-order valence-corrected chi connectivity index (χ0v) is 32.5. The Morgan fingerprint density at radius 2 is 0.793 bits per heavy atom. The molecule has 2 aliphatic carbocycles. The summed E-state index contributed by atoms with van der Waals surface area (Å²) in [5.41, 5.74) is 19.2. The number of rotatable bonds is 6. The van der Waals surface area contributed by atoms with Gasteiger partial charge in [0.05, 0.1) is 16.8 Å². The number of nitrogens with zero attached hydrogens (tertiary/aromatic N) is 2. The van der Waals surface area contributed by atoms with E-state index in [1.54, 1.807) is 0 Å². The molecular weight excluding hydrogens is 701 g/mol. The first-order valence-electron chi connectivity index (χ1n) is 20.2. The van der Waals surface area contributed by atoms with Crippen molar-refractivity contribution in [1.29, 1.82) is 0 Å². The molecule has 0 fully saturated rings. The second kappa shape index (κ2) is 13.2. The molecule has 2 heteroatoms. The Balaban J connectivity index is 1.25. The number of fused-ring (bicyclic) bond motifs is 6. The third-order valence-corrected chi connectivity index (χ3v) is 12.6. The second-order valence-corrected chi connectivity index (χ2v) is 16.1. The summed E-state index contributed by atoms with van der Waals surface area (Å²) in [4.78, 5) is 10.9. The highest BCUT2D eigenvalue weighted by Gasteiger charge is 2.47. The molecule has 0 N–H and O–H groups in total. The molecule has 0 aliphatic heterocycles. The SMILES string of the molecule is CC1(C)c2ccccc2-c2ccc(-c3cc4c(cc3-c3nc(-c5ccccc5)cc(-c5ccccc5)n3)-c3ccccc3C4(c3ccccc3)c3ccccc3)cc21. The monoisotopic (exact) mass is 740 g/mol.